The van der Waals surface area contributed by atoms with Gasteiger partial charge in [0.2, 0.25) is 10.0 Å². The molecule has 0 aromatic heterocycles. The molecule has 0 aliphatic rings. The van der Waals surface area contributed by atoms with Crippen molar-refractivity contribution in [2.75, 3.05) is 6.54 Å². The van der Waals surface area contributed by atoms with Gasteiger partial charge in [0.25, 0.3) is 5.91 Å². The van der Waals surface area contributed by atoms with Crippen molar-refractivity contribution in [3.05, 3.63) is 102 Å². The fourth-order valence-electron chi connectivity index (χ4n) is 2.71. The van der Waals surface area contributed by atoms with Crippen molar-refractivity contribution >= 4 is 22.1 Å². The number of carbonyl (C=O) groups excluding carboxylic acids is 1. The van der Waals surface area contributed by atoms with Gasteiger partial charge in [-0.2, -0.15) is 9.41 Å². The Hall–Kier alpha value is -3.43. The quantitative estimate of drug-likeness (QED) is 0.429. The number of carbonyl (C=O) groups is 1. The van der Waals surface area contributed by atoms with Crippen molar-refractivity contribution < 1.29 is 22.0 Å². The van der Waals surface area contributed by atoms with Gasteiger partial charge in [0.05, 0.1) is 17.7 Å². The molecule has 3 rings (SSSR count). The maximum atomic E-state index is 13.6. The summed E-state index contributed by atoms with van der Waals surface area (Å²) < 4.78 is 53.9. The SMILES string of the molecule is O=C(CN(Cc1ccc(F)cc1)S(=O)(=O)c1ccccc1)N/N=C\c1ccccc1F. The Kier molecular flexibility index (Phi) is 7.22. The number of nitrogens with one attached hydrogen (secondary N) is 1. The second-order valence-electron chi connectivity index (χ2n) is 6.53. The first kappa shape index (κ1) is 22.3. The van der Waals surface area contributed by atoms with E-state index in [0.717, 1.165) is 10.5 Å². The number of benzene rings is 3. The zero-order valence-electron chi connectivity index (χ0n) is 16.3. The van der Waals surface area contributed by atoms with Gasteiger partial charge in [0.15, 0.2) is 0 Å². The van der Waals surface area contributed by atoms with Gasteiger partial charge >= 0.3 is 0 Å². The third kappa shape index (κ3) is 6.03. The zero-order valence-corrected chi connectivity index (χ0v) is 17.1. The van der Waals surface area contributed by atoms with Crippen LogP contribution in [0.2, 0.25) is 0 Å². The first-order chi connectivity index (χ1) is 14.9. The van der Waals surface area contributed by atoms with Crippen LogP contribution in [0, 0.1) is 11.6 Å². The first-order valence-corrected chi connectivity index (χ1v) is 10.7. The number of hydrogen-bond donors (Lipinski definition) is 1. The van der Waals surface area contributed by atoms with Crippen molar-refractivity contribution in [2.24, 2.45) is 5.10 Å². The Balaban J connectivity index is 1.78. The summed E-state index contributed by atoms with van der Waals surface area (Å²) in [7, 11) is -4.02. The van der Waals surface area contributed by atoms with Gasteiger partial charge in [-0.3, -0.25) is 4.79 Å². The van der Waals surface area contributed by atoms with E-state index >= 15 is 0 Å². The van der Waals surface area contributed by atoms with Gasteiger partial charge in [-0.25, -0.2) is 22.6 Å². The van der Waals surface area contributed by atoms with E-state index in [0.29, 0.717) is 5.56 Å². The molecule has 0 aliphatic carbocycles. The topological polar surface area (TPSA) is 78.8 Å². The zero-order chi connectivity index (χ0) is 22.3. The van der Waals surface area contributed by atoms with E-state index < -0.39 is 34.1 Å². The summed E-state index contributed by atoms with van der Waals surface area (Å²) in [6.45, 7) is -0.689. The van der Waals surface area contributed by atoms with Crippen LogP contribution in [0.1, 0.15) is 11.1 Å². The largest absolute Gasteiger partial charge is 0.272 e. The molecule has 0 unspecified atom stereocenters. The smallest absolute Gasteiger partial charge is 0.255 e. The number of amides is 1. The van der Waals surface area contributed by atoms with Crippen molar-refractivity contribution in [1.29, 1.82) is 0 Å². The molecule has 0 bridgehead atoms. The maximum Gasteiger partial charge on any atom is 0.255 e. The van der Waals surface area contributed by atoms with Crippen LogP contribution in [-0.4, -0.2) is 31.4 Å². The second-order valence-corrected chi connectivity index (χ2v) is 8.47. The molecule has 6 nitrogen and oxygen atoms in total. The lowest BCUT2D eigenvalue weighted by Crippen LogP contribution is -2.39. The summed E-state index contributed by atoms with van der Waals surface area (Å²) in [6.07, 6.45) is 1.13. The number of halogens is 2. The monoisotopic (exact) mass is 443 g/mol. The molecule has 1 N–H and O–H groups in total. The van der Waals surface area contributed by atoms with Crippen molar-refractivity contribution in [3.8, 4) is 0 Å². The summed E-state index contributed by atoms with van der Waals surface area (Å²) >= 11 is 0. The van der Waals surface area contributed by atoms with E-state index in [9.17, 15) is 22.0 Å². The normalized spacial score (nSPS) is 11.7. The number of rotatable bonds is 8. The molecule has 0 saturated carbocycles. The molecule has 31 heavy (non-hydrogen) atoms. The van der Waals surface area contributed by atoms with Crippen LogP contribution in [0.25, 0.3) is 0 Å². The number of hydrogen-bond acceptors (Lipinski definition) is 4. The fraction of sp³-hybridized carbons (Fsp3) is 0.0909. The van der Waals surface area contributed by atoms with Gasteiger partial charge in [-0.1, -0.05) is 48.5 Å². The van der Waals surface area contributed by atoms with Crippen molar-refractivity contribution in [3.63, 3.8) is 0 Å². The van der Waals surface area contributed by atoms with E-state index in [1.165, 1.54) is 54.6 Å². The van der Waals surface area contributed by atoms with Crippen LogP contribution in [0.5, 0.6) is 0 Å². The molecule has 0 aliphatic heterocycles. The van der Waals surface area contributed by atoms with Crippen LogP contribution in [0.3, 0.4) is 0 Å². The van der Waals surface area contributed by atoms with Gasteiger partial charge in [0, 0.05) is 12.1 Å². The van der Waals surface area contributed by atoms with Crippen molar-refractivity contribution in [2.45, 2.75) is 11.4 Å². The Labute approximate surface area is 178 Å². The third-order valence-corrected chi connectivity index (χ3v) is 6.08. The molecule has 160 valence electrons. The summed E-state index contributed by atoms with van der Waals surface area (Å²) in [5.74, 6) is -1.68. The highest BCUT2D eigenvalue weighted by Crippen LogP contribution is 2.18. The lowest BCUT2D eigenvalue weighted by Gasteiger charge is -2.21. The van der Waals surface area contributed by atoms with Crippen LogP contribution in [0.15, 0.2) is 88.9 Å². The Morgan fingerprint density at radius 1 is 0.935 bits per heavy atom. The third-order valence-electron chi connectivity index (χ3n) is 4.27. The lowest BCUT2D eigenvalue weighted by molar-refractivity contribution is -0.121. The summed E-state index contributed by atoms with van der Waals surface area (Å²) in [6, 6.07) is 18.8. The van der Waals surface area contributed by atoms with Crippen molar-refractivity contribution in [1.82, 2.24) is 9.73 Å². The predicted molar refractivity (Wildman–Crippen MR) is 113 cm³/mol. The van der Waals surface area contributed by atoms with E-state index in [4.69, 9.17) is 0 Å². The average molecular weight is 443 g/mol. The molecule has 1 amide bonds. The molecule has 3 aromatic rings. The minimum absolute atomic E-state index is 0.0137. The molecule has 0 atom stereocenters. The highest BCUT2D eigenvalue weighted by molar-refractivity contribution is 7.89. The highest BCUT2D eigenvalue weighted by atomic mass is 32.2. The molecular weight excluding hydrogens is 424 g/mol. The van der Waals surface area contributed by atoms with E-state index in [1.54, 1.807) is 24.3 Å². The summed E-state index contributed by atoms with van der Waals surface area (Å²) in [5.41, 5.74) is 2.88. The van der Waals surface area contributed by atoms with E-state index in [1.807, 2.05) is 0 Å². The standard InChI is InChI=1S/C22H19F2N3O3S/c23-19-12-10-17(11-13-19)15-27(31(29,30)20-7-2-1-3-8-20)16-22(28)26-25-14-18-6-4-5-9-21(18)24/h1-14H,15-16H2,(H,26,28)/b25-14-. The van der Waals surface area contributed by atoms with Gasteiger partial charge in [-0.05, 0) is 35.9 Å². The minimum atomic E-state index is -4.02. The molecule has 3 aromatic carbocycles. The van der Waals surface area contributed by atoms with Crippen LogP contribution in [0.4, 0.5) is 8.78 Å². The van der Waals surface area contributed by atoms with Gasteiger partial charge in [0.1, 0.15) is 11.6 Å². The van der Waals surface area contributed by atoms with E-state index in [2.05, 4.69) is 10.5 Å². The molecule has 0 radical (unpaired) electrons. The number of sulfonamides is 1. The maximum absolute atomic E-state index is 13.6. The first-order valence-electron chi connectivity index (χ1n) is 9.22. The second kappa shape index (κ2) is 10.1. The fourth-order valence-corrected chi connectivity index (χ4v) is 4.12. The molecule has 0 heterocycles. The van der Waals surface area contributed by atoms with E-state index in [-0.39, 0.29) is 17.0 Å². The summed E-state index contributed by atoms with van der Waals surface area (Å²) in [5, 5.41) is 3.69. The lowest BCUT2D eigenvalue weighted by atomic mass is 10.2. The molecular formula is C22H19F2N3O3S. The van der Waals surface area contributed by atoms with Gasteiger partial charge < -0.3 is 0 Å². The predicted octanol–water partition coefficient (Wildman–Crippen LogP) is 3.31. The highest BCUT2D eigenvalue weighted by Gasteiger charge is 2.26. The van der Waals surface area contributed by atoms with Gasteiger partial charge in [-0.15, -0.1) is 0 Å². The molecule has 0 saturated heterocycles. The molecule has 9 heteroatoms. The van der Waals surface area contributed by atoms with Crippen LogP contribution >= 0.6 is 0 Å². The Morgan fingerprint density at radius 2 is 1.58 bits per heavy atom. The number of hydrazone groups is 1. The Bertz CT molecular complexity index is 1170. The summed E-state index contributed by atoms with van der Waals surface area (Å²) in [4.78, 5) is 12.4. The number of nitrogens with zero attached hydrogens (tertiary/aromatic N) is 2. The average Bonchev–Trinajstić information content (AvgIpc) is 2.77. The molecule has 0 spiro atoms. The van der Waals surface area contributed by atoms with Crippen LogP contribution in [-0.2, 0) is 21.4 Å². The molecule has 0 fully saturated rings. The van der Waals surface area contributed by atoms with Crippen LogP contribution < -0.4 is 5.43 Å². The minimum Gasteiger partial charge on any atom is -0.272 e. The Morgan fingerprint density at radius 3 is 2.26 bits per heavy atom.